The van der Waals surface area contributed by atoms with Crippen molar-refractivity contribution in [2.45, 2.75) is 32.2 Å². The van der Waals surface area contributed by atoms with E-state index in [1.54, 1.807) is 0 Å². The van der Waals surface area contributed by atoms with Crippen LogP contribution in [0, 0.1) is 0 Å². The molecule has 0 fully saturated rings. The van der Waals surface area contributed by atoms with Gasteiger partial charge in [-0.25, -0.2) is 4.79 Å². The van der Waals surface area contributed by atoms with E-state index in [9.17, 15) is 9.59 Å². The van der Waals surface area contributed by atoms with Crippen LogP contribution in [0.3, 0.4) is 0 Å². The van der Waals surface area contributed by atoms with Crippen LogP contribution in [0.1, 0.15) is 43.4 Å². The minimum atomic E-state index is -0.517. The van der Waals surface area contributed by atoms with E-state index in [1.165, 1.54) is 18.8 Å². The van der Waals surface area contributed by atoms with Gasteiger partial charge >= 0.3 is 5.97 Å². The zero-order chi connectivity index (χ0) is 13.5. The Hall–Kier alpha value is -1.93. The summed E-state index contributed by atoms with van der Waals surface area (Å²) < 4.78 is 4.58. The van der Waals surface area contributed by atoms with Crippen molar-refractivity contribution in [3.05, 3.63) is 35.4 Å². The molecule has 1 rings (SSSR count). The largest absolute Gasteiger partial charge is 0.469 e. The fourth-order valence-electron chi connectivity index (χ4n) is 1.65. The first-order valence-electron chi connectivity index (χ1n) is 5.82. The number of carbonyl (C=O) groups excluding carboxylic acids is 2. The van der Waals surface area contributed by atoms with Crippen molar-refractivity contribution in [2.75, 3.05) is 7.11 Å². The van der Waals surface area contributed by atoms with E-state index in [1.807, 2.05) is 24.3 Å². The molecule has 0 N–H and O–H groups in total. The molecule has 0 aromatic heterocycles. The lowest BCUT2D eigenvalue weighted by Crippen LogP contribution is -2.07. The lowest BCUT2D eigenvalue weighted by Gasteiger charge is -2.11. The van der Waals surface area contributed by atoms with Crippen molar-refractivity contribution in [1.82, 2.24) is 0 Å². The summed E-state index contributed by atoms with van der Waals surface area (Å²) in [5.74, 6) is 0.0413. The van der Waals surface area contributed by atoms with Crippen LogP contribution in [0.25, 0.3) is 0 Å². The number of carbonyl (C=O) groups is 1. The van der Waals surface area contributed by atoms with Gasteiger partial charge in [-0.2, -0.15) is 4.99 Å². The highest BCUT2D eigenvalue weighted by Crippen LogP contribution is 2.23. The molecule has 18 heavy (non-hydrogen) atoms. The molecule has 0 radical (unpaired) electrons. The molecule has 0 saturated carbocycles. The first-order valence-corrected chi connectivity index (χ1v) is 5.82. The van der Waals surface area contributed by atoms with Gasteiger partial charge in [0.05, 0.1) is 19.6 Å². The molecule has 0 amide bonds. The minimum Gasteiger partial charge on any atom is -0.469 e. The highest BCUT2D eigenvalue weighted by atomic mass is 16.5. The zero-order valence-electron chi connectivity index (χ0n) is 10.8. The van der Waals surface area contributed by atoms with E-state index in [0.29, 0.717) is 5.92 Å². The average Bonchev–Trinajstić information content (AvgIpc) is 2.38. The van der Waals surface area contributed by atoms with Gasteiger partial charge in [-0.05, 0) is 17.0 Å². The van der Waals surface area contributed by atoms with Gasteiger partial charge in [-0.15, -0.1) is 0 Å². The Labute approximate surface area is 107 Å². The SMILES string of the molecule is COC(=O)C[C@H](N=C=O)c1ccc(C(C)C)cc1. The van der Waals surface area contributed by atoms with Crippen molar-refractivity contribution in [1.29, 1.82) is 0 Å². The molecule has 0 aliphatic heterocycles. The van der Waals surface area contributed by atoms with Crippen LogP contribution in [0.15, 0.2) is 29.3 Å². The zero-order valence-corrected chi connectivity index (χ0v) is 10.8. The van der Waals surface area contributed by atoms with Crippen LogP contribution in [-0.4, -0.2) is 19.2 Å². The molecule has 0 saturated heterocycles. The highest BCUT2D eigenvalue weighted by Gasteiger charge is 2.15. The van der Waals surface area contributed by atoms with Gasteiger partial charge in [0, 0.05) is 0 Å². The van der Waals surface area contributed by atoms with Crippen molar-refractivity contribution in [3.8, 4) is 0 Å². The standard InChI is InChI=1S/C14H17NO3/c1-10(2)11-4-6-12(7-5-11)13(15-9-16)8-14(17)18-3/h4-7,10,13H,8H2,1-3H3/t13-/m0/s1. The quantitative estimate of drug-likeness (QED) is 0.456. The van der Waals surface area contributed by atoms with Crippen LogP contribution < -0.4 is 0 Å². The number of hydrogen-bond acceptors (Lipinski definition) is 4. The third-order valence-corrected chi connectivity index (χ3v) is 2.78. The number of isocyanates is 1. The highest BCUT2D eigenvalue weighted by molar-refractivity contribution is 5.70. The number of hydrogen-bond donors (Lipinski definition) is 0. The van der Waals surface area contributed by atoms with E-state index < -0.39 is 12.0 Å². The van der Waals surface area contributed by atoms with E-state index in [2.05, 4.69) is 23.6 Å². The molecule has 1 aromatic rings. The average molecular weight is 247 g/mol. The normalized spacial score (nSPS) is 11.8. The summed E-state index contributed by atoms with van der Waals surface area (Å²) in [6, 6.07) is 7.19. The number of ether oxygens (including phenoxy) is 1. The molecule has 0 heterocycles. The van der Waals surface area contributed by atoms with Gasteiger partial charge in [-0.1, -0.05) is 38.1 Å². The maximum Gasteiger partial charge on any atom is 0.308 e. The molecular formula is C14H17NO3. The van der Waals surface area contributed by atoms with E-state index >= 15 is 0 Å². The van der Waals surface area contributed by atoms with Crippen molar-refractivity contribution in [2.24, 2.45) is 4.99 Å². The number of nitrogens with zero attached hydrogens (tertiary/aromatic N) is 1. The molecular weight excluding hydrogens is 230 g/mol. The molecule has 4 nitrogen and oxygen atoms in total. The van der Waals surface area contributed by atoms with E-state index in [0.717, 1.165) is 5.56 Å². The molecule has 96 valence electrons. The molecule has 4 heteroatoms. The van der Waals surface area contributed by atoms with Gasteiger partial charge < -0.3 is 4.74 Å². The number of methoxy groups -OCH3 is 1. The lowest BCUT2D eigenvalue weighted by atomic mass is 9.98. The van der Waals surface area contributed by atoms with Crippen LogP contribution in [0.2, 0.25) is 0 Å². The molecule has 0 aliphatic carbocycles. The monoisotopic (exact) mass is 247 g/mol. The summed E-state index contributed by atoms with van der Waals surface area (Å²) in [6.45, 7) is 4.20. The maximum absolute atomic E-state index is 11.2. The van der Waals surface area contributed by atoms with Gasteiger partial charge in [0.2, 0.25) is 6.08 Å². The third kappa shape index (κ3) is 3.82. The smallest absolute Gasteiger partial charge is 0.308 e. The molecule has 0 bridgehead atoms. The van der Waals surface area contributed by atoms with Gasteiger partial charge in [-0.3, -0.25) is 4.79 Å². The Morgan fingerprint density at radius 1 is 1.28 bits per heavy atom. The Balaban J connectivity index is 2.92. The van der Waals surface area contributed by atoms with Gasteiger partial charge in [0.15, 0.2) is 0 Å². The molecule has 0 unspecified atom stereocenters. The topological polar surface area (TPSA) is 55.7 Å². The molecule has 0 aliphatic rings. The number of benzene rings is 1. The second-order valence-corrected chi connectivity index (χ2v) is 4.34. The van der Waals surface area contributed by atoms with Crippen LogP contribution in [0.4, 0.5) is 0 Å². The Kier molecular flexibility index (Phi) is 5.28. The van der Waals surface area contributed by atoms with E-state index in [4.69, 9.17) is 0 Å². The summed E-state index contributed by atoms with van der Waals surface area (Å²) in [5, 5.41) is 0. The fraction of sp³-hybridized carbons (Fsp3) is 0.429. The summed E-state index contributed by atoms with van der Waals surface area (Å²) in [6.07, 6.45) is 1.55. The van der Waals surface area contributed by atoms with Gasteiger partial charge in [0.25, 0.3) is 0 Å². The number of aliphatic imine (C=N–C) groups is 1. The first kappa shape index (κ1) is 14.1. The van der Waals surface area contributed by atoms with Crippen molar-refractivity contribution < 1.29 is 14.3 Å². The summed E-state index contributed by atoms with van der Waals surface area (Å²) in [5.41, 5.74) is 2.01. The Morgan fingerprint density at radius 3 is 2.28 bits per heavy atom. The number of esters is 1. The first-order chi connectivity index (χ1) is 8.58. The van der Waals surface area contributed by atoms with Gasteiger partial charge in [0.1, 0.15) is 0 Å². The second-order valence-electron chi connectivity index (χ2n) is 4.34. The fourth-order valence-corrected chi connectivity index (χ4v) is 1.65. The van der Waals surface area contributed by atoms with Crippen molar-refractivity contribution in [3.63, 3.8) is 0 Å². The summed E-state index contributed by atoms with van der Waals surface area (Å²) >= 11 is 0. The maximum atomic E-state index is 11.2. The van der Waals surface area contributed by atoms with Crippen LogP contribution in [-0.2, 0) is 14.3 Å². The van der Waals surface area contributed by atoms with Crippen LogP contribution >= 0.6 is 0 Å². The summed E-state index contributed by atoms with van der Waals surface area (Å²) in [4.78, 5) is 25.3. The summed E-state index contributed by atoms with van der Waals surface area (Å²) in [7, 11) is 1.31. The molecule has 1 aromatic carbocycles. The third-order valence-electron chi connectivity index (χ3n) is 2.78. The molecule has 1 atom stereocenters. The lowest BCUT2D eigenvalue weighted by molar-refractivity contribution is -0.141. The van der Waals surface area contributed by atoms with Crippen LogP contribution in [0.5, 0.6) is 0 Å². The predicted molar refractivity (Wildman–Crippen MR) is 68.0 cm³/mol. The molecule has 0 spiro atoms. The number of rotatable bonds is 5. The van der Waals surface area contributed by atoms with E-state index in [-0.39, 0.29) is 6.42 Å². The Morgan fingerprint density at radius 2 is 1.83 bits per heavy atom. The second kappa shape index (κ2) is 6.72. The van der Waals surface area contributed by atoms with Crippen molar-refractivity contribution >= 4 is 12.0 Å². The Bertz CT molecular complexity index is 445. The minimum absolute atomic E-state index is 0.0484. The predicted octanol–water partition coefficient (Wildman–Crippen LogP) is 2.75.